The maximum atomic E-state index is 4.51. The number of hydrogen-bond acceptors (Lipinski definition) is 4. The molecule has 1 aliphatic heterocycles. The van der Waals surface area contributed by atoms with Crippen LogP contribution in [0, 0.1) is 5.92 Å². The Labute approximate surface area is 164 Å². The van der Waals surface area contributed by atoms with Crippen molar-refractivity contribution in [2.45, 2.75) is 25.8 Å². The summed E-state index contributed by atoms with van der Waals surface area (Å²) in [4.78, 5) is 22.2. The van der Waals surface area contributed by atoms with E-state index in [2.05, 4.69) is 60.2 Å². The molecule has 3 aromatic heterocycles. The molecule has 0 aliphatic carbocycles. The van der Waals surface area contributed by atoms with Gasteiger partial charge in [-0.3, -0.25) is 4.90 Å². The smallest absolute Gasteiger partial charge is 0.156 e. The molecule has 0 saturated carbocycles. The Morgan fingerprint density at radius 3 is 2.96 bits per heavy atom. The fourth-order valence-corrected chi connectivity index (χ4v) is 4.25. The fourth-order valence-electron chi connectivity index (χ4n) is 4.25. The molecule has 1 atom stereocenters. The Kier molecular flexibility index (Phi) is 4.62. The van der Waals surface area contributed by atoms with Crippen LogP contribution in [-0.2, 0) is 13.0 Å². The van der Waals surface area contributed by atoms with Gasteiger partial charge in [-0.25, -0.2) is 15.0 Å². The number of aromatic nitrogens is 5. The summed E-state index contributed by atoms with van der Waals surface area (Å²) >= 11 is 0. The van der Waals surface area contributed by atoms with Gasteiger partial charge in [0.05, 0.1) is 0 Å². The number of benzene rings is 1. The second-order valence-electron chi connectivity index (χ2n) is 7.68. The van der Waals surface area contributed by atoms with Crippen LogP contribution in [0.4, 0.5) is 0 Å². The van der Waals surface area contributed by atoms with E-state index in [0.29, 0.717) is 5.92 Å². The lowest BCUT2D eigenvalue weighted by atomic mass is 9.92. The van der Waals surface area contributed by atoms with Crippen LogP contribution in [0.15, 0.2) is 55.2 Å². The van der Waals surface area contributed by atoms with E-state index >= 15 is 0 Å². The van der Waals surface area contributed by atoms with Gasteiger partial charge in [0, 0.05) is 42.9 Å². The van der Waals surface area contributed by atoms with Gasteiger partial charge in [0.2, 0.25) is 0 Å². The number of likely N-dealkylation sites (tertiary alicyclic amines) is 1. The van der Waals surface area contributed by atoms with Gasteiger partial charge in [-0.2, -0.15) is 0 Å². The van der Waals surface area contributed by atoms with E-state index in [1.54, 1.807) is 12.5 Å². The average Bonchev–Trinajstić information content (AvgIpc) is 3.40. The fraction of sp³-hybridized carbons (Fsp3) is 0.318. The van der Waals surface area contributed by atoms with Gasteiger partial charge in [-0.15, -0.1) is 0 Å². The van der Waals surface area contributed by atoms with Crippen molar-refractivity contribution < 1.29 is 0 Å². The molecule has 0 unspecified atom stereocenters. The Morgan fingerprint density at radius 2 is 2.04 bits per heavy atom. The number of hydrogen-bond donors (Lipinski definition) is 2. The highest BCUT2D eigenvalue weighted by Crippen LogP contribution is 2.23. The Hall–Kier alpha value is -2.99. The standard InChI is InChI=1S/C22H24N6/c1-2-16(10-19-12-21(27-15-26-19)22-24-7-8-25-22)13-28(9-1)14-17-3-4-18-5-6-23-20(18)11-17/h3-8,11-12,15-16,23H,1-2,9-10,13-14H2,(H,24,25)/t16-/m0/s1. The molecule has 0 amide bonds. The van der Waals surface area contributed by atoms with Crippen LogP contribution in [0.2, 0.25) is 0 Å². The minimum absolute atomic E-state index is 0.627. The number of aromatic amines is 2. The third-order valence-corrected chi connectivity index (χ3v) is 5.59. The minimum atomic E-state index is 0.627. The summed E-state index contributed by atoms with van der Waals surface area (Å²) in [6.07, 6.45) is 10.7. The van der Waals surface area contributed by atoms with Gasteiger partial charge in [-0.05, 0) is 60.9 Å². The maximum Gasteiger partial charge on any atom is 0.156 e. The van der Waals surface area contributed by atoms with E-state index in [1.165, 1.54) is 35.9 Å². The van der Waals surface area contributed by atoms with Gasteiger partial charge in [0.25, 0.3) is 0 Å². The SMILES string of the molecule is c1nc(C[C@@H]2CCCN(Cc3ccc4cc[nH]c4c3)C2)cc(-c2ncc[nH]2)n1. The summed E-state index contributed by atoms with van der Waals surface area (Å²) in [6, 6.07) is 10.9. The van der Waals surface area contributed by atoms with Crippen molar-refractivity contribution in [3.05, 3.63) is 66.5 Å². The van der Waals surface area contributed by atoms with Crippen LogP contribution in [-0.4, -0.2) is 42.9 Å². The zero-order valence-electron chi connectivity index (χ0n) is 15.8. The third-order valence-electron chi connectivity index (χ3n) is 5.59. The molecule has 1 saturated heterocycles. The quantitative estimate of drug-likeness (QED) is 0.559. The Morgan fingerprint density at radius 1 is 1.04 bits per heavy atom. The zero-order valence-corrected chi connectivity index (χ0v) is 15.8. The monoisotopic (exact) mass is 372 g/mol. The van der Waals surface area contributed by atoms with Gasteiger partial charge in [-0.1, -0.05) is 12.1 Å². The largest absolute Gasteiger partial charge is 0.361 e. The number of rotatable bonds is 5. The number of H-pyrrole nitrogens is 2. The molecule has 1 aromatic carbocycles. The predicted octanol–water partition coefficient (Wildman–Crippen LogP) is 3.80. The van der Waals surface area contributed by atoms with E-state index in [9.17, 15) is 0 Å². The Balaban J connectivity index is 1.25. The maximum absolute atomic E-state index is 4.51. The van der Waals surface area contributed by atoms with Crippen LogP contribution in [0.5, 0.6) is 0 Å². The van der Waals surface area contributed by atoms with Gasteiger partial charge in [0.1, 0.15) is 12.0 Å². The highest BCUT2D eigenvalue weighted by molar-refractivity contribution is 5.79. The second kappa shape index (κ2) is 7.56. The summed E-state index contributed by atoms with van der Waals surface area (Å²) in [7, 11) is 0. The highest BCUT2D eigenvalue weighted by atomic mass is 15.1. The van der Waals surface area contributed by atoms with Crippen LogP contribution < -0.4 is 0 Å². The average molecular weight is 372 g/mol. The normalized spacial score (nSPS) is 17.9. The summed E-state index contributed by atoms with van der Waals surface area (Å²) in [5, 5.41) is 1.27. The number of nitrogens with one attached hydrogen (secondary N) is 2. The molecule has 2 N–H and O–H groups in total. The number of nitrogens with zero attached hydrogens (tertiary/aromatic N) is 4. The lowest BCUT2D eigenvalue weighted by molar-refractivity contribution is 0.166. The first-order valence-electron chi connectivity index (χ1n) is 9.92. The molecular weight excluding hydrogens is 348 g/mol. The first kappa shape index (κ1) is 17.1. The van der Waals surface area contributed by atoms with Crippen LogP contribution in [0.25, 0.3) is 22.4 Å². The van der Waals surface area contributed by atoms with Crippen molar-refractivity contribution in [3.63, 3.8) is 0 Å². The van der Waals surface area contributed by atoms with Crippen molar-refractivity contribution >= 4 is 10.9 Å². The van der Waals surface area contributed by atoms with Crippen molar-refractivity contribution in [1.82, 2.24) is 29.8 Å². The molecule has 0 radical (unpaired) electrons. The van der Waals surface area contributed by atoms with E-state index in [-0.39, 0.29) is 0 Å². The summed E-state index contributed by atoms with van der Waals surface area (Å²) in [5.41, 5.74) is 4.55. The van der Waals surface area contributed by atoms with Crippen molar-refractivity contribution in [1.29, 1.82) is 0 Å². The third kappa shape index (κ3) is 3.68. The van der Waals surface area contributed by atoms with Gasteiger partial charge < -0.3 is 9.97 Å². The summed E-state index contributed by atoms with van der Waals surface area (Å²) < 4.78 is 0. The van der Waals surface area contributed by atoms with Gasteiger partial charge in [0.15, 0.2) is 5.82 Å². The van der Waals surface area contributed by atoms with Crippen LogP contribution >= 0.6 is 0 Å². The van der Waals surface area contributed by atoms with E-state index < -0.39 is 0 Å². The molecule has 6 heteroatoms. The van der Waals surface area contributed by atoms with Crippen molar-refractivity contribution in [2.24, 2.45) is 5.92 Å². The summed E-state index contributed by atoms with van der Waals surface area (Å²) in [6.45, 7) is 3.29. The molecule has 28 heavy (non-hydrogen) atoms. The molecule has 0 spiro atoms. The molecule has 1 aliphatic rings. The molecule has 4 heterocycles. The summed E-state index contributed by atoms with van der Waals surface area (Å²) in [5.74, 6) is 1.43. The van der Waals surface area contributed by atoms with Crippen LogP contribution in [0.1, 0.15) is 24.1 Å². The lowest BCUT2D eigenvalue weighted by Crippen LogP contribution is -2.35. The zero-order chi connectivity index (χ0) is 18.8. The van der Waals surface area contributed by atoms with E-state index in [4.69, 9.17) is 0 Å². The number of fused-ring (bicyclic) bond motifs is 1. The molecule has 6 nitrogen and oxygen atoms in total. The highest BCUT2D eigenvalue weighted by Gasteiger charge is 2.21. The molecule has 142 valence electrons. The van der Waals surface area contributed by atoms with E-state index in [1.807, 2.05) is 12.4 Å². The first-order chi connectivity index (χ1) is 13.8. The molecule has 0 bridgehead atoms. The van der Waals surface area contributed by atoms with Crippen LogP contribution in [0.3, 0.4) is 0 Å². The first-order valence-corrected chi connectivity index (χ1v) is 9.92. The molecule has 1 fully saturated rings. The minimum Gasteiger partial charge on any atom is -0.361 e. The van der Waals surface area contributed by atoms with Crippen molar-refractivity contribution in [3.8, 4) is 11.5 Å². The predicted molar refractivity (Wildman–Crippen MR) is 110 cm³/mol. The topological polar surface area (TPSA) is 73.5 Å². The number of imidazole rings is 1. The molecule has 5 rings (SSSR count). The Bertz CT molecular complexity index is 1050. The lowest BCUT2D eigenvalue weighted by Gasteiger charge is -2.32. The number of piperidine rings is 1. The molecular formula is C22H24N6. The van der Waals surface area contributed by atoms with Gasteiger partial charge >= 0.3 is 0 Å². The van der Waals surface area contributed by atoms with E-state index in [0.717, 1.165) is 36.7 Å². The second-order valence-corrected chi connectivity index (χ2v) is 7.68. The van der Waals surface area contributed by atoms with Crippen molar-refractivity contribution in [2.75, 3.05) is 13.1 Å². The molecule has 4 aromatic rings.